The molecule has 3 rings (SSSR count). The lowest BCUT2D eigenvalue weighted by molar-refractivity contribution is 0.172. The Morgan fingerprint density at radius 3 is 2.52 bits per heavy atom. The van der Waals surface area contributed by atoms with Crippen molar-refractivity contribution < 1.29 is 9.47 Å². The monoisotopic (exact) mass is 354 g/mol. The van der Waals surface area contributed by atoms with Crippen LogP contribution in [-0.4, -0.2) is 31.3 Å². The topological polar surface area (TPSA) is 47.7 Å². The molecule has 0 radical (unpaired) electrons. The summed E-state index contributed by atoms with van der Waals surface area (Å²) in [6.45, 7) is 3.20. The fraction of sp³-hybridized carbons (Fsp3) is 0.625. The molecule has 21 heavy (non-hydrogen) atoms. The minimum Gasteiger partial charge on any atom is -0.454 e. The van der Waals surface area contributed by atoms with E-state index in [1.54, 1.807) is 0 Å². The molecule has 2 aliphatic rings. The number of hydrogen-bond acceptors (Lipinski definition) is 4. The maximum atomic E-state index is 6.09. The molecule has 0 spiro atoms. The molecule has 116 valence electrons. The van der Waals surface area contributed by atoms with Gasteiger partial charge in [-0.25, -0.2) is 0 Å². The molecule has 2 aliphatic heterocycles. The van der Waals surface area contributed by atoms with Gasteiger partial charge in [0.15, 0.2) is 11.5 Å². The second-order valence-corrected chi connectivity index (χ2v) is 6.65. The Morgan fingerprint density at radius 2 is 1.81 bits per heavy atom. The molecule has 1 aromatic rings. The van der Waals surface area contributed by atoms with Crippen molar-refractivity contribution in [1.29, 1.82) is 0 Å². The van der Waals surface area contributed by atoms with Crippen LogP contribution in [0.1, 0.15) is 43.7 Å². The third-order valence-corrected chi connectivity index (χ3v) is 4.98. The van der Waals surface area contributed by atoms with E-state index in [-0.39, 0.29) is 6.04 Å². The van der Waals surface area contributed by atoms with Crippen LogP contribution in [0, 0.1) is 0 Å². The maximum absolute atomic E-state index is 6.09. The normalized spacial score (nSPS) is 20.9. The summed E-state index contributed by atoms with van der Waals surface area (Å²) in [5, 5.41) is 0. The molecule has 0 bridgehead atoms. The summed E-state index contributed by atoms with van der Waals surface area (Å²) in [6, 6.07) is 4.47. The van der Waals surface area contributed by atoms with Crippen molar-refractivity contribution in [3.05, 3.63) is 22.2 Å². The lowest BCUT2D eigenvalue weighted by atomic mass is 10.0. The van der Waals surface area contributed by atoms with Crippen molar-refractivity contribution in [2.24, 2.45) is 5.73 Å². The lowest BCUT2D eigenvalue weighted by Crippen LogP contribution is -2.36. The number of rotatable bonds is 3. The van der Waals surface area contributed by atoms with Gasteiger partial charge in [0, 0.05) is 12.6 Å². The van der Waals surface area contributed by atoms with Crippen molar-refractivity contribution in [1.82, 2.24) is 4.90 Å². The predicted octanol–water partition coefficient (Wildman–Crippen LogP) is 3.44. The van der Waals surface area contributed by atoms with Crippen LogP contribution < -0.4 is 15.2 Å². The number of benzene rings is 1. The first-order chi connectivity index (χ1) is 10.3. The molecule has 1 aromatic carbocycles. The van der Waals surface area contributed by atoms with Gasteiger partial charge in [0.25, 0.3) is 0 Å². The van der Waals surface area contributed by atoms with E-state index < -0.39 is 0 Å². The first-order valence-electron chi connectivity index (χ1n) is 7.83. The van der Waals surface area contributed by atoms with E-state index in [4.69, 9.17) is 15.2 Å². The van der Waals surface area contributed by atoms with Crippen LogP contribution in [-0.2, 0) is 0 Å². The molecular formula is C16H23BrN2O2. The van der Waals surface area contributed by atoms with Crippen molar-refractivity contribution in [2.45, 2.75) is 38.1 Å². The number of hydrogen-bond donors (Lipinski definition) is 1. The highest BCUT2D eigenvalue weighted by molar-refractivity contribution is 9.10. The number of fused-ring (bicyclic) bond motifs is 1. The van der Waals surface area contributed by atoms with Crippen molar-refractivity contribution in [3.63, 3.8) is 0 Å². The van der Waals surface area contributed by atoms with Crippen molar-refractivity contribution in [3.8, 4) is 11.5 Å². The molecule has 0 amide bonds. The van der Waals surface area contributed by atoms with E-state index in [0.717, 1.165) is 29.1 Å². The summed E-state index contributed by atoms with van der Waals surface area (Å²) in [7, 11) is 0. The zero-order chi connectivity index (χ0) is 14.7. The predicted molar refractivity (Wildman–Crippen MR) is 86.7 cm³/mol. The molecule has 2 N–H and O–H groups in total. The van der Waals surface area contributed by atoms with Gasteiger partial charge < -0.3 is 15.2 Å². The number of ether oxygens (including phenoxy) is 2. The van der Waals surface area contributed by atoms with Crippen LogP contribution >= 0.6 is 15.9 Å². The van der Waals surface area contributed by atoms with E-state index in [1.807, 2.05) is 0 Å². The Hall–Kier alpha value is -0.780. The van der Waals surface area contributed by atoms with Crippen LogP contribution in [0.5, 0.6) is 11.5 Å². The third-order valence-electron chi connectivity index (χ3n) is 4.39. The molecule has 0 aliphatic carbocycles. The molecular weight excluding hydrogens is 332 g/mol. The molecule has 0 aromatic heterocycles. The molecule has 0 saturated carbocycles. The van der Waals surface area contributed by atoms with E-state index in [0.29, 0.717) is 13.3 Å². The van der Waals surface area contributed by atoms with Gasteiger partial charge in [0.05, 0.1) is 4.47 Å². The maximum Gasteiger partial charge on any atom is 0.231 e. The molecule has 1 unspecified atom stereocenters. The highest BCUT2D eigenvalue weighted by Crippen LogP contribution is 2.42. The minimum atomic E-state index is 0.258. The van der Waals surface area contributed by atoms with Gasteiger partial charge >= 0.3 is 0 Å². The first-order valence-corrected chi connectivity index (χ1v) is 8.62. The van der Waals surface area contributed by atoms with Gasteiger partial charge in [-0.3, -0.25) is 4.90 Å². The van der Waals surface area contributed by atoms with Crippen LogP contribution in [0.4, 0.5) is 0 Å². The molecule has 1 fully saturated rings. The van der Waals surface area contributed by atoms with Crippen LogP contribution in [0.2, 0.25) is 0 Å². The zero-order valence-corrected chi connectivity index (χ0v) is 13.9. The van der Waals surface area contributed by atoms with Crippen LogP contribution in [0.25, 0.3) is 0 Å². The molecule has 5 heteroatoms. The number of likely N-dealkylation sites (tertiary alicyclic amines) is 1. The average Bonchev–Trinajstić information content (AvgIpc) is 2.90. The first kappa shape index (κ1) is 15.1. The van der Waals surface area contributed by atoms with Crippen LogP contribution in [0.3, 0.4) is 0 Å². The van der Waals surface area contributed by atoms with E-state index in [1.165, 1.54) is 37.7 Å². The van der Waals surface area contributed by atoms with E-state index in [9.17, 15) is 0 Å². The Kier molecular flexibility index (Phi) is 5.03. The average molecular weight is 355 g/mol. The molecule has 1 saturated heterocycles. The number of nitrogens with two attached hydrogens (primary N) is 1. The minimum absolute atomic E-state index is 0.258. The summed E-state index contributed by atoms with van der Waals surface area (Å²) >= 11 is 3.58. The Labute approximate surface area is 134 Å². The second kappa shape index (κ2) is 6.99. The molecule has 1 atom stereocenters. The Bertz CT molecular complexity index is 487. The summed E-state index contributed by atoms with van der Waals surface area (Å²) in [5.74, 6) is 1.63. The highest BCUT2D eigenvalue weighted by Gasteiger charge is 2.24. The lowest BCUT2D eigenvalue weighted by Gasteiger charge is -2.32. The SMILES string of the molecule is NCC(c1cc(Br)c2c(c1)OCO2)N1CCCCCCC1. The largest absolute Gasteiger partial charge is 0.454 e. The highest BCUT2D eigenvalue weighted by atomic mass is 79.9. The number of nitrogens with zero attached hydrogens (tertiary/aromatic N) is 1. The molecule has 2 heterocycles. The number of halogens is 1. The van der Waals surface area contributed by atoms with E-state index >= 15 is 0 Å². The molecule has 4 nitrogen and oxygen atoms in total. The standard InChI is InChI=1S/C16H23BrN2O2/c17-13-8-12(9-15-16(13)21-11-20-15)14(10-18)19-6-4-2-1-3-5-7-19/h8-9,14H,1-7,10-11,18H2. The van der Waals surface area contributed by atoms with Crippen molar-refractivity contribution in [2.75, 3.05) is 26.4 Å². The smallest absolute Gasteiger partial charge is 0.231 e. The van der Waals surface area contributed by atoms with Gasteiger partial charge in [-0.2, -0.15) is 0 Å². The Balaban J connectivity index is 1.83. The second-order valence-electron chi connectivity index (χ2n) is 5.79. The summed E-state index contributed by atoms with van der Waals surface area (Å²) < 4.78 is 12.0. The summed E-state index contributed by atoms with van der Waals surface area (Å²) in [6.07, 6.45) is 6.57. The zero-order valence-electron chi connectivity index (χ0n) is 12.3. The van der Waals surface area contributed by atoms with Gasteiger partial charge in [-0.1, -0.05) is 19.3 Å². The fourth-order valence-corrected chi connectivity index (χ4v) is 3.83. The third kappa shape index (κ3) is 3.35. The van der Waals surface area contributed by atoms with E-state index in [2.05, 4.69) is 33.0 Å². The van der Waals surface area contributed by atoms with Gasteiger partial charge in [-0.15, -0.1) is 0 Å². The van der Waals surface area contributed by atoms with Gasteiger partial charge in [0.2, 0.25) is 6.79 Å². The van der Waals surface area contributed by atoms with Crippen molar-refractivity contribution >= 4 is 15.9 Å². The quantitative estimate of drug-likeness (QED) is 0.902. The van der Waals surface area contributed by atoms with Gasteiger partial charge in [0.1, 0.15) is 0 Å². The van der Waals surface area contributed by atoms with Crippen LogP contribution in [0.15, 0.2) is 16.6 Å². The fourth-order valence-electron chi connectivity index (χ4n) is 3.26. The summed E-state index contributed by atoms with van der Waals surface area (Å²) in [4.78, 5) is 2.53. The Morgan fingerprint density at radius 1 is 1.10 bits per heavy atom. The summed E-state index contributed by atoms with van der Waals surface area (Å²) in [5.41, 5.74) is 7.31. The van der Waals surface area contributed by atoms with Gasteiger partial charge in [-0.05, 0) is 59.6 Å².